The van der Waals surface area contributed by atoms with E-state index in [0.29, 0.717) is 11.5 Å². The molecule has 0 spiro atoms. The average Bonchev–Trinajstić information content (AvgIpc) is 2.16. The summed E-state index contributed by atoms with van der Waals surface area (Å²) in [6.07, 6.45) is 0.250. The van der Waals surface area contributed by atoms with Crippen LogP contribution in [0.15, 0.2) is 24.3 Å². The molecule has 1 aromatic rings. The van der Waals surface area contributed by atoms with Gasteiger partial charge < -0.3 is 9.47 Å². The van der Waals surface area contributed by atoms with Crippen LogP contribution in [-0.2, 0) is 19.2 Å². The van der Waals surface area contributed by atoms with Gasteiger partial charge in [0, 0.05) is 19.9 Å². The van der Waals surface area contributed by atoms with E-state index in [1.54, 1.807) is 18.2 Å². The quantitative estimate of drug-likeness (QED) is 0.563. The molecule has 0 bridgehead atoms. The predicted octanol–water partition coefficient (Wildman–Crippen LogP) is 0.954. The van der Waals surface area contributed by atoms with E-state index in [4.69, 9.17) is 19.1 Å². The SMILES string of the molecule is CC(=O)Oc1cccc(OC(C)=O)c1.O=C=O. The molecular formula is C11H10O6. The minimum Gasteiger partial charge on any atom is -0.427 e. The van der Waals surface area contributed by atoms with Gasteiger partial charge in [0.05, 0.1) is 0 Å². The summed E-state index contributed by atoms with van der Waals surface area (Å²) in [5, 5.41) is 0. The fourth-order valence-corrected chi connectivity index (χ4v) is 0.933. The normalized spacial score (nSPS) is 8.12. The van der Waals surface area contributed by atoms with Gasteiger partial charge in [0.15, 0.2) is 0 Å². The van der Waals surface area contributed by atoms with Gasteiger partial charge in [-0.15, -0.1) is 0 Å². The van der Waals surface area contributed by atoms with Gasteiger partial charge in [0.2, 0.25) is 0 Å². The van der Waals surface area contributed by atoms with Crippen LogP contribution in [0.1, 0.15) is 13.8 Å². The smallest absolute Gasteiger partial charge is 0.373 e. The Bertz CT molecular complexity index is 400. The minimum atomic E-state index is -0.412. The van der Waals surface area contributed by atoms with Gasteiger partial charge in [0.25, 0.3) is 0 Å². The number of hydrogen-bond donors (Lipinski definition) is 0. The van der Waals surface area contributed by atoms with Crippen LogP contribution in [0.25, 0.3) is 0 Å². The third-order valence-electron chi connectivity index (χ3n) is 1.33. The van der Waals surface area contributed by atoms with Crippen LogP contribution in [0.5, 0.6) is 11.5 Å². The molecule has 0 saturated carbocycles. The Morgan fingerprint density at radius 3 is 1.65 bits per heavy atom. The number of ether oxygens (including phenoxy) is 2. The Labute approximate surface area is 97.1 Å². The summed E-state index contributed by atoms with van der Waals surface area (Å²) in [7, 11) is 0. The number of rotatable bonds is 2. The molecule has 90 valence electrons. The van der Waals surface area contributed by atoms with Crippen LogP contribution in [0, 0.1) is 0 Å². The molecule has 1 rings (SSSR count). The van der Waals surface area contributed by atoms with Crippen molar-refractivity contribution >= 4 is 18.1 Å². The topological polar surface area (TPSA) is 86.7 Å². The number of benzene rings is 1. The fraction of sp³-hybridized carbons (Fsp3) is 0.182. The molecule has 0 aliphatic carbocycles. The molecule has 1 aromatic carbocycles. The largest absolute Gasteiger partial charge is 0.427 e. The van der Waals surface area contributed by atoms with Crippen LogP contribution in [0.4, 0.5) is 0 Å². The number of esters is 2. The third-order valence-corrected chi connectivity index (χ3v) is 1.33. The van der Waals surface area contributed by atoms with E-state index in [1.807, 2.05) is 0 Å². The van der Waals surface area contributed by atoms with Crippen molar-refractivity contribution in [3.05, 3.63) is 24.3 Å². The van der Waals surface area contributed by atoms with Crippen molar-refractivity contribution in [2.24, 2.45) is 0 Å². The molecule has 6 nitrogen and oxygen atoms in total. The summed E-state index contributed by atoms with van der Waals surface area (Å²) in [6, 6.07) is 6.32. The Morgan fingerprint density at radius 2 is 1.35 bits per heavy atom. The molecule has 0 N–H and O–H groups in total. The summed E-state index contributed by atoms with van der Waals surface area (Å²) < 4.78 is 9.61. The van der Waals surface area contributed by atoms with Crippen molar-refractivity contribution in [3.63, 3.8) is 0 Å². The molecule has 0 aliphatic heterocycles. The lowest BCUT2D eigenvalue weighted by Gasteiger charge is -2.03. The third kappa shape index (κ3) is 7.47. The first-order valence-electron chi connectivity index (χ1n) is 4.45. The van der Waals surface area contributed by atoms with Gasteiger partial charge in [-0.1, -0.05) is 6.07 Å². The molecule has 0 fully saturated rings. The van der Waals surface area contributed by atoms with E-state index >= 15 is 0 Å². The highest BCUT2D eigenvalue weighted by Crippen LogP contribution is 2.19. The second kappa shape index (κ2) is 7.78. The first-order chi connectivity index (χ1) is 7.99. The highest BCUT2D eigenvalue weighted by atomic mass is 16.5. The van der Waals surface area contributed by atoms with Crippen LogP contribution in [0.3, 0.4) is 0 Å². The molecule has 0 aliphatic rings. The molecule has 0 amide bonds. The molecule has 0 atom stereocenters. The Kier molecular flexibility index (Phi) is 6.66. The summed E-state index contributed by atoms with van der Waals surface area (Å²) in [4.78, 5) is 37.5. The van der Waals surface area contributed by atoms with Crippen molar-refractivity contribution in [2.75, 3.05) is 0 Å². The van der Waals surface area contributed by atoms with Gasteiger partial charge in [0.1, 0.15) is 11.5 Å². The lowest BCUT2D eigenvalue weighted by Crippen LogP contribution is -2.03. The first-order valence-corrected chi connectivity index (χ1v) is 4.45. The Hall–Kier alpha value is -2.46. The summed E-state index contributed by atoms with van der Waals surface area (Å²) in [6.45, 7) is 2.61. The van der Waals surface area contributed by atoms with Crippen LogP contribution >= 0.6 is 0 Å². The van der Waals surface area contributed by atoms with E-state index < -0.39 is 11.9 Å². The zero-order valence-corrected chi connectivity index (χ0v) is 9.26. The van der Waals surface area contributed by atoms with E-state index in [1.165, 1.54) is 19.9 Å². The molecule has 17 heavy (non-hydrogen) atoms. The van der Waals surface area contributed by atoms with E-state index in [9.17, 15) is 9.59 Å². The predicted molar refractivity (Wildman–Crippen MR) is 54.1 cm³/mol. The van der Waals surface area contributed by atoms with Gasteiger partial charge in [-0.2, -0.15) is 9.59 Å². The van der Waals surface area contributed by atoms with Gasteiger partial charge >= 0.3 is 18.1 Å². The van der Waals surface area contributed by atoms with Crippen LogP contribution < -0.4 is 9.47 Å². The average molecular weight is 238 g/mol. The first kappa shape index (κ1) is 14.5. The van der Waals surface area contributed by atoms with Gasteiger partial charge in [-0.05, 0) is 12.1 Å². The second-order valence-corrected chi connectivity index (χ2v) is 2.75. The van der Waals surface area contributed by atoms with Crippen molar-refractivity contribution in [1.29, 1.82) is 0 Å². The molecule has 6 heteroatoms. The van der Waals surface area contributed by atoms with Crippen LogP contribution in [-0.4, -0.2) is 18.1 Å². The van der Waals surface area contributed by atoms with E-state index in [-0.39, 0.29) is 6.15 Å². The van der Waals surface area contributed by atoms with E-state index in [2.05, 4.69) is 0 Å². The maximum atomic E-state index is 10.6. The Morgan fingerprint density at radius 1 is 1.00 bits per heavy atom. The molecule has 0 unspecified atom stereocenters. The van der Waals surface area contributed by atoms with Crippen molar-refractivity contribution in [2.45, 2.75) is 13.8 Å². The fourth-order valence-electron chi connectivity index (χ4n) is 0.933. The van der Waals surface area contributed by atoms with Gasteiger partial charge in [-0.3, -0.25) is 9.59 Å². The summed E-state index contributed by atoms with van der Waals surface area (Å²) in [5.41, 5.74) is 0. The minimum absolute atomic E-state index is 0.250. The number of carbonyl (C=O) groups excluding carboxylic acids is 4. The van der Waals surface area contributed by atoms with Crippen LogP contribution in [0.2, 0.25) is 0 Å². The molecule has 0 radical (unpaired) electrons. The summed E-state index contributed by atoms with van der Waals surface area (Å²) >= 11 is 0. The monoisotopic (exact) mass is 238 g/mol. The molecule has 0 saturated heterocycles. The Balaban J connectivity index is 0.000000770. The van der Waals surface area contributed by atoms with Gasteiger partial charge in [-0.25, -0.2) is 0 Å². The lowest BCUT2D eigenvalue weighted by atomic mass is 10.3. The summed E-state index contributed by atoms with van der Waals surface area (Å²) in [5.74, 6) is -0.109. The standard InChI is InChI=1S/C10H10O4.CO2/c1-7(11)13-9-4-3-5-10(6-9)14-8(2)12;2-1-3/h3-6H,1-2H3;. The zero-order valence-electron chi connectivity index (χ0n) is 9.26. The molecule has 0 aromatic heterocycles. The maximum Gasteiger partial charge on any atom is 0.373 e. The molecular weight excluding hydrogens is 228 g/mol. The molecule has 0 heterocycles. The second-order valence-electron chi connectivity index (χ2n) is 2.75. The highest BCUT2D eigenvalue weighted by molar-refractivity contribution is 5.71. The highest BCUT2D eigenvalue weighted by Gasteiger charge is 2.01. The number of carbonyl (C=O) groups is 2. The van der Waals surface area contributed by atoms with Crippen molar-refractivity contribution < 1.29 is 28.7 Å². The van der Waals surface area contributed by atoms with Crippen molar-refractivity contribution in [3.8, 4) is 11.5 Å². The lowest BCUT2D eigenvalue weighted by molar-refractivity contribution is -0.191. The van der Waals surface area contributed by atoms with E-state index in [0.717, 1.165) is 0 Å². The number of hydrogen-bond acceptors (Lipinski definition) is 6. The zero-order chi connectivity index (χ0) is 13.3. The van der Waals surface area contributed by atoms with Crippen molar-refractivity contribution in [1.82, 2.24) is 0 Å². The maximum absolute atomic E-state index is 10.6.